The maximum Gasteiger partial charge on any atom is 0.285 e. The minimum Gasteiger partial charge on any atom is -0.489 e. The molecule has 1 saturated heterocycles. The molecule has 0 atom stereocenters. The van der Waals surface area contributed by atoms with Gasteiger partial charge in [0.2, 0.25) is 0 Å². The largest absolute Gasteiger partial charge is 0.489 e. The molecule has 0 spiro atoms. The fourth-order valence-corrected chi connectivity index (χ4v) is 4.92. The lowest BCUT2D eigenvalue weighted by molar-refractivity contribution is -0.123. The average molecular weight is 568 g/mol. The number of ether oxygens (including phenoxy) is 1. The minimum atomic E-state index is -0.407. The van der Waals surface area contributed by atoms with Gasteiger partial charge in [-0.2, -0.15) is 5.01 Å². The molecule has 0 aliphatic carbocycles. The number of rotatable bonds is 6. The monoisotopic (exact) mass is 566 g/mol. The van der Waals surface area contributed by atoms with Gasteiger partial charge in [-0.3, -0.25) is 15.0 Å². The number of aryl methyl sites for hydroxylation is 3. The van der Waals surface area contributed by atoms with Gasteiger partial charge in [0.15, 0.2) is 4.32 Å². The Morgan fingerprint density at radius 2 is 1.69 bits per heavy atom. The number of thioether (sulfide) groups is 1. The number of hydrogen-bond donors (Lipinski definition) is 1. The van der Waals surface area contributed by atoms with Crippen molar-refractivity contribution in [2.45, 2.75) is 27.4 Å². The molecule has 3 aromatic carbocycles. The van der Waals surface area contributed by atoms with Crippen LogP contribution in [-0.2, 0) is 11.4 Å². The highest BCUT2D eigenvalue weighted by Crippen LogP contribution is 2.32. The summed E-state index contributed by atoms with van der Waals surface area (Å²) in [6.45, 7) is 6.78. The standard InChI is InChI=1S/C27H23BrN2O3S2/c1-16-12-18(3)21(13-17(16)2)15-33-23-10-4-19(5-11-23)14-24-26(32)30(27(34)35-24)29-25(31)20-6-8-22(28)9-7-20/h4-14H,15H2,1-3H3,(H,29,31)/b24-14+. The molecule has 178 valence electrons. The number of hydrazine groups is 1. The summed E-state index contributed by atoms with van der Waals surface area (Å²) in [4.78, 5) is 25.8. The van der Waals surface area contributed by atoms with E-state index in [9.17, 15) is 9.59 Å². The fourth-order valence-electron chi connectivity index (χ4n) is 3.48. The fraction of sp³-hybridized carbons (Fsp3) is 0.148. The molecule has 35 heavy (non-hydrogen) atoms. The van der Waals surface area contributed by atoms with E-state index in [-0.39, 0.29) is 10.2 Å². The van der Waals surface area contributed by atoms with Gasteiger partial charge in [-0.25, -0.2) is 0 Å². The van der Waals surface area contributed by atoms with Crippen LogP contribution in [0.5, 0.6) is 5.75 Å². The highest BCUT2D eigenvalue weighted by molar-refractivity contribution is 9.10. The molecule has 0 aromatic heterocycles. The summed E-state index contributed by atoms with van der Waals surface area (Å²) in [5, 5.41) is 1.11. The summed E-state index contributed by atoms with van der Waals surface area (Å²) in [7, 11) is 0. The van der Waals surface area contributed by atoms with Crippen LogP contribution in [0, 0.1) is 20.8 Å². The normalized spacial score (nSPS) is 14.5. The molecule has 4 rings (SSSR count). The van der Waals surface area contributed by atoms with E-state index >= 15 is 0 Å². The van der Waals surface area contributed by atoms with Crippen molar-refractivity contribution < 1.29 is 14.3 Å². The minimum absolute atomic E-state index is 0.274. The number of nitrogens with one attached hydrogen (secondary N) is 1. The smallest absolute Gasteiger partial charge is 0.285 e. The summed E-state index contributed by atoms with van der Waals surface area (Å²) < 4.78 is 7.10. The number of hydrogen-bond acceptors (Lipinski definition) is 5. The van der Waals surface area contributed by atoms with E-state index in [1.807, 2.05) is 24.3 Å². The quantitative estimate of drug-likeness (QED) is 0.272. The van der Waals surface area contributed by atoms with Crippen molar-refractivity contribution in [1.82, 2.24) is 10.4 Å². The van der Waals surface area contributed by atoms with Crippen molar-refractivity contribution in [2.75, 3.05) is 0 Å². The van der Waals surface area contributed by atoms with Crippen LogP contribution in [0.1, 0.15) is 38.2 Å². The predicted molar refractivity (Wildman–Crippen MR) is 148 cm³/mol. The molecule has 0 unspecified atom stereocenters. The van der Waals surface area contributed by atoms with E-state index < -0.39 is 5.91 Å². The molecule has 0 saturated carbocycles. The van der Waals surface area contributed by atoms with Crippen LogP contribution >= 0.6 is 39.9 Å². The first-order chi connectivity index (χ1) is 16.7. The predicted octanol–water partition coefficient (Wildman–Crippen LogP) is 6.50. The summed E-state index contributed by atoms with van der Waals surface area (Å²) in [6, 6.07) is 18.7. The number of benzene rings is 3. The Morgan fingerprint density at radius 1 is 1.03 bits per heavy atom. The van der Waals surface area contributed by atoms with Crippen LogP contribution in [-0.4, -0.2) is 21.1 Å². The Bertz CT molecular complexity index is 1340. The zero-order valence-electron chi connectivity index (χ0n) is 19.4. The number of thiocarbonyl (C=S) groups is 1. The van der Waals surface area contributed by atoms with Gasteiger partial charge >= 0.3 is 0 Å². The zero-order valence-corrected chi connectivity index (χ0v) is 22.6. The molecule has 0 bridgehead atoms. The van der Waals surface area contributed by atoms with Gasteiger partial charge in [-0.1, -0.05) is 52.0 Å². The van der Waals surface area contributed by atoms with Gasteiger partial charge in [0.05, 0.1) is 4.91 Å². The van der Waals surface area contributed by atoms with Crippen LogP contribution in [0.25, 0.3) is 6.08 Å². The van der Waals surface area contributed by atoms with Crippen molar-refractivity contribution in [2.24, 2.45) is 0 Å². The summed E-state index contributed by atoms with van der Waals surface area (Å²) in [6.07, 6.45) is 1.75. The first-order valence-electron chi connectivity index (χ1n) is 10.9. The highest BCUT2D eigenvalue weighted by Gasteiger charge is 2.33. The van der Waals surface area contributed by atoms with Crippen molar-refractivity contribution in [3.63, 3.8) is 0 Å². The Hall–Kier alpha value is -2.94. The van der Waals surface area contributed by atoms with Gasteiger partial charge in [0, 0.05) is 10.0 Å². The second kappa shape index (κ2) is 10.8. The van der Waals surface area contributed by atoms with Crippen LogP contribution in [0.4, 0.5) is 0 Å². The van der Waals surface area contributed by atoms with Crippen LogP contribution in [0.15, 0.2) is 70.0 Å². The van der Waals surface area contributed by atoms with E-state index in [0.29, 0.717) is 17.1 Å². The zero-order chi connectivity index (χ0) is 25.1. The number of halogens is 1. The molecule has 5 nitrogen and oxygen atoms in total. The number of carbonyl (C=O) groups excluding carboxylic acids is 2. The molecule has 1 aliphatic heterocycles. The molecular weight excluding hydrogens is 544 g/mol. The molecule has 8 heteroatoms. The third-order valence-electron chi connectivity index (χ3n) is 5.64. The third kappa shape index (κ3) is 6.01. The Morgan fingerprint density at radius 3 is 2.37 bits per heavy atom. The van der Waals surface area contributed by atoms with Crippen molar-refractivity contribution in [3.8, 4) is 5.75 Å². The van der Waals surface area contributed by atoms with Crippen LogP contribution < -0.4 is 10.2 Å². The summed E-state index contributed by atoms with van der Waals surface area (Å²) in [5.74, 6) is -0.0272. The van der Waals surface area contributed by atoms with Gasteiger partial charge in [-0.05, 0) is 103 Å². The number of carbonyl (C=O) groups is 2. The van der Waals surface area contributed by atoms with E-state index in [4.69, 9.17) is 17.0 Å². The van der Waals surface area contributed by atoms with E-state index in [2.05, 4.69) is 54.3 Å². The van der Waals surface area contributed by atoms with E-state index in [1.165, 1.54) is 16.7 Å². The average Bonchev–Trinajstić information content (AvgIpc) is 3.09. The van der Waals surface area contributed by atoms with Crippen LogP contribution in [0.2, 0.25) is 0 Å². The molecule has 0 radical (unpaired) electrons. The Labute approximate surface area is 222 Å². The second-order valence-corrected chi connectivity index (χ2v) is 10.8. The van der Waals surface area contributed by atoms with Crippen molar-refractivity contribution >= 4 is 62.1 Å². The maximum absolute atomic E-state index is 12.9. The van der Waals surface area contributed by atoms with Crippen molar-refractivity contribution in [1.29, 1.82) is 0 Å². The van der Waals surface area contributed by atoms with Crippen molar-refractivity contribution in [3.05, 3.63) is 103 Å². The molecule has 1 aliphatic rings. The first kappa shape index (κ1) is 25.2. The van der Waals surface area contributed by atoms with Gasteiger partial charge in [0.1, 0.15) is 12.4 Å². The van der Waals surface area contributed by atoms with E-state index in [1.54, 1.807) is 30.3 Å². The second-order valence-electron chi connectivity index (χ2n) is 8.19. The number of amides is 2. The lowest BCUT2D eigenvalue weighted by Gasteiger charge is -2.15. The molecule has 1 fully saturated rings. The number of nitrogens with zero attached hydrogens (tertiary/aromatic N) is 1. The summed E-state index contributed by atoms with van der Waals surface area (Å²) in [5.41, 5.74) is 8.73. The third-order valence-corrected chi connectivity index (χ3v) is 7.47. The maximum atomic E-state index is 12.9. The topological polar surface area (TPSA) is 58.6 Å². The van der Waals surface area contributed by atoms with Gasteiger partial charge in [0.25, 0.3) is 11.8 Å². The molecule has 1 N–H and O–H groups in total. The molecule has 3 aromatic rings. The van der Waals surface area contributed by atoms with E-state index in [0.717, 1.165) is 38.1 Å². The van der Waals surface area contributed by atoms with Gasteiger partial charge in [-0.15, -0.1) is 0 Å². The first-order valence-corrected chi connectivity index (χ1v) is 12.9. The summed E-state index contributed by atoms with van der Waals surface area (Å²) >= 11 is 9.80. The lowest BCUT2D eigenvalue weighted by atomic mass is 10.0. The lowest BCUT2D eigenvalue weighted by Crippen LogP contribution is -2.44. The highest BCUT2D eigenvalue weighted by atomic mass is 79.9. The molecule has 1 heterocycles. The molecule has 2 amide bonds. The Balaban J connectivity index is 1.40. The van der Waals surface area contributed by atoms with Crippen LogP contribution in [0.3, 0.4) is 0 Å². The molecular formula is C27H23BrN2O3S2. The Kier molecular flexibility index (Phi) is 7.74. The SMILES string of the molecule is Cc1cc(C)c(COc2ccc(/C=C3/SC(=S)N(NC(=O)c4ccc(Br)cc4)C3=O)cc2)cc1C. The van der Waals surface area contributed by atoms with Gasteiger partial charge < -0.3 is 4.74 Å².